The fraction of sp³-hybridized carbons (Fsp3) is 0.250. The zero-order valence-electron chi connectivity index (χ0n) is 9.05. The van der Waals surface area contributed by atoms with E-state index in [1.807, 2.05) is 24.3 Å². The molecule has 0 amide bonds. The molecule has 0 fully saturated rings. The molecule has 1 rings (SSSR count). The van der Waals surface area contributed by atoms with E-state index in [1.54, 1.807) is 24.9 Å². The van der Waals surface area contributed by atoms with Gasteiger partial charge in [0.1, 0.15) is 5.75 Å². The quantitative estimate of drug-likeness (QED) is 0.579. The molecule has 0 saturated carbocycles. The Morgan fingerprint density at radius 3 is 2.75 bits per heavy atom. The van der Waals surface area contributed by atoms with Crippen LogP contribution in [0.1, 0.15) is 10.8 Å². The molecule has 0 aliphatic rings. The van der Waals surface area contributed by atoms with Crippen molar-refractivity contribution in [1.29, 1.82) is 0 Å². The molecule has 0 N–H and O–H groups in total. The molecule has 0 saturated heterocycles. The Morgan fingerprint density at radius 2 is 2.25 bits per heavy atom. The number of methoxy groups -OCH3 is 1. The minimum Gasteiger partial charge on any atom is -0.498 e. The van der Waals surface area contributed by atoms with Gasteiger partial charge in [-0.05, 0) is 17.7 Å². The maximum atomic E-state index is 10.2. The number of ether oxygens (including phenoxy) is 1. The second-order valence-electron chi connectivity index (χ2n) is 3.00. The topological polar surface area (TPSA) is 36.6 Å². The number of rotatable bonds is 5. The SMILES string of the molecule is C=CCSC(C#[N+][O-])c1ccc(OC)cc1. The minimum absolute atomic E-state index is 0.151. The number of hydrogen-bond acceptors (Lipinski definition) is 3. The smallest absolute Gasteiger partial charge is 0.317 e. The average Bonchev–Trinajstić information content (AvgIpc) is 2.35. The first-order valence-electron chi connectivity index (χ1n) is 4.76. The Bertz CT molecular complexity index is 392. The lowest BCUT2D eigenvalue weighted by molar-refractivity contribution is 0.414. The lowest BCUT2D eigenvalue weighted by Gasteiger charge is -2.06. The average molecular weight is 235 g/mol. The van der Waals surface area contributed by atoms with Crippen LogP contribution in [0.3, 0.4) is 0 Å². The second-order valence-corrected chi connectivity index (χ2v) is 4.13. The van der Waals surface area contributed by atoms with Gasteiger partial charge in [0.15, 0.2) is 5.25 Å². The van der Waals surface area contributed by atoms with Crippen molar-refractivity contribution in [2.45, 2.75) is 5.25 Å². The summed E-state index contributed by atoms with van der Waals surface area (Å²) >= 11 is 1.55. The van der Waals surface area contributed by atoms with Gasteiger partial charge < -0.3 is 9.94 Å². The summed E-state index contributed by atoms with van der Waals surface area (Å²) in [5.41, 5.74) is 0.979. The summed E-state index contributed by atoms with van der Waals surface area (Å²) in [5.74, 6) is 1.54. The number of benzene rings is 1. The molecule has 0 aliphatic heterocycles. The highest BCUT2D eigenvalue weighted by Gasteiger charge is 2.14. The van der Waals surface area contributed by atoms with Gasteiger partial charge in [0.2, 0.25) is 0 Å². The van der Waals surface area contributed by atoms with Gasteiger partial charge in [0.25, 0.3) is 0 Å². The molecule has 3 nitrogen and oxygen atoms in total. The van der Waals surface area contributed by atoms with Crippen molar-refractivity contribution in [3.05, 3.63) is 52.7 Å². The first-order valence-corrected chi connectivity index (χ1v) is 5.81. The summed E-state index contributed by atoms with van der Waals surface area (Å²) in [5, 5.41) is 12.8. The van der Waals surface area contributed by atoms with Gasteiger partial charge in [0, 0.05) is 10.8 Å². The molecular formula is C12H13NO2S. The van der Waals surface area contributed by atoms with Crippen LogP contribution < -0.4 is 4.74 Å². The Balaban J connectivity index is 2.81. The highest BCUT2D eigenvalue weighted by Crippen LogP contribution is 2.29. The number of hydrogen-bond donors (Lipinski definition) is 0. The molecular weight excluding hydrogens is 222 g/mol. The predicted octanol–water partition coefficient (Wildman–Crippen LogP) is 3.49. The maximum Gasteiger partial charge on any atom is 0.317 e. The Labute approximate surface area is 99.5 Å². The van der Waals surface area contributed by atoms with E-state index in [-0.39, 0.29) is 5.25 Å². The molecule has 0 spiro atoms. The molecule has 0 radical (unpaired) electrons. The van der Waals surface area contributed by atoms with Crippen molar-refractivity contribution < 1.29 is 4.74 Å². The Morgan fingerprint density at radius 1 is 1.56 bits per heavy atom. The Kier molecular flexibility index (Phi) is 5.30. The van der Waals surface area contributed by atoms with Gasteiger partial charge in [0.05, 0.1) is 7.11 Å². The van der Waals surface area contributed by atoms with Crippen molar-refractivity contribution in [3.8, 4) is 11.8 Å². The second kappa shape index (κ2) is 6.81. The largest absolute Gasteiger partial charge is 0.498 e. The molecule has 1 atom stereocenters. The third kappa shape index (κ3) is 3.52. The summed E-state index contributed by atoms with van der Waals surface area (Å²) in [6, 6.07) is 10.0. The van der Waals surface area contributed by atoms with Gasteiger partial charge >= 0.3 is 6.07 Å². The lowest BCUT2D eigenvalue weighted by Crippen LogP contribution is -1.92. The molecule has 0 heterocycles. The van der Waals surface area contributed by atoms with E-state index in [0.29, 0.717) is 0 Å². The summed E-state index contributed by atoms with van der Waals surface area (Å²) < 4.78 is 5.06. The van der Waals surface area contributed by atoms with Gasteiger partial charge in [-0.2, -0.15) is 0 Å². The molecule has 0 bridgehead atoms. The van der Waals surface area contributed by atoms with Crippen molar-refractivity contribution in [1.82, 2.24) is 0 Å². The van der Waals surface area contributed by atoms with Crippen LogP contribution >= 0.6 is 11.8 Å². The zero-order valence-corrected chi connectivity index (χ0v) is 9.87. The van der Waals surface area contributed by atoms with Crippen molar-refractivity contribution in [2.24, 2.45) is 0 Å². The van der Waals surface area contributed by atoms with E-state index in [0.717, 1.165) is 17.1 Å². The molecule has 16 heavy (non-hydrogen) atoms. The third-order valence-electron chi connectivity index (χ3n) is 1.97. The van der Waals surface area contributed by atoms with Crippen LogP contribution in [0.4, 0.5) is 0 Å². The molecule has 1 aromatic carbocycles. The summed E-state index contributed by atoms with van der Waals surface area (Å²) in [6.07, 6.45) is 1.79. The highest BCUT2D eigenvalue weighted by molar-refractivity contribution is 7.99. The van der Waals surface area contributed by atoms with E-state index >= 15 is 0 Å². The molecule has 84 valence electrons. The van der Waals surface area contributed by atoms with Crippen LogP contribution in [0.15, 0.2) is 36.9 Å². The summed E-state index contributed by atoms with van der Waals surface area (Å²) in [6.45, 7) is 3.64. The van der Waals surface area contributed by atoms with Crippen molar-refractivity contribution in [2.75, 3.05) is 12.9 Å². The van der Waals surface area contributed by atoms with Crippen LogP contribution in [0.2, 0.25) is 0 Å². The first-order chi connectivity index (χ1) is 7.81. The van der Waals surface area contributed by atoms with Crippen LogP contribution in [0, 0.1) is 11.3 Å². The predicted molar refractivity (Wildman–Crippen MR) is 69.0 cm³/mol. The summed E-state index contributed by atoms with van der Waals surface area (Å²) in [4.78, 5) is 0. The summed E-state index contributed by atoms with van der Waals surface area (Å²) in [7, 11) is 1.62. The van der Waals surface area contributed by atoms with Crippen LogP contribution in [-0.4, -0.2) is 12.9 Å². The molecule has 1 unspecified atom stereocenters. The van der Waals surface area contributed by atoms with Crippen molar-refractivity contribution in [3.63, 3.8) is 0 Å². The number of nitrogens with zero attached hydrogens (tertiary/aromatic N) is 1. The number of thioether (sulfide) groups is 1. The monoisotopic (exact) mass is 235 g/mol. The van der Waals surface area contributed by atoms with E-state index in [1.165, 1.54) is 0 Å². The fourth-order valence-corrected chi connectivity index (χ4v) is 1.99. The van der Waals surface area contributed by atoms with E-state index in [9.17, 15) is 5.21 Å². The maximum absolute atomic E-state index is 10.2. The minimum atomic E-state index is -0.151. The first kappa shape index (κ1) is 12.5. The standard InChI is InChI=1S/C12H13NO2S/c1-3-8-16-12(9-13-14)10-4-6-11(15-2)7-5-10/h3-7,12H,1,8H2,2H3. The van der Waals surface area contributed by atoms with E-state index in [4.69, 9.17) is 4.74 Å². The highest BCUT2D eigenvalue weighted by atomic mass is 32.2. The van der Waals surface area contributed by atoms with Gasteiger partial charge in [-0.1, -0.05) is 18.2 Å². The lowest BCUT2D eigenvalue weighted by atomic mass is 10.1. The van der Waals surface area contributed by atoms with Crippen LogP contribution in [-0.2, 0) is 0 Å². The van der Waals surface area contributed by atoms with Gasteiger partial charge in [-0.3, -0.25) is 0 Å². The normalized spacial score (nSPS) is 11.1. The molecule has 1 aromatic rings. The van der Waals surface area contributed by atoms with Crippen molar-refractivity contribution >= 4 is 11.8 Å². The van der Waals surface area contributed by atoms with Gasteiger partial charge in [-0.25, -0.2) is 0 Å². The third-order valence-corrected chi connectivity index (χ3v) is 3.11. The molecule has 4 heteroatoms. The van der Waals surface area contributed by atoms with Crippen LogP contribution in [0.25, 0.3) is 5.01 Å². The van der Waals surface area contributed by atoms with E-state index in [2.05, 4.69) is 17.7 Å². The zero-order chi connectivity index (χ0) is 11.8. The van der Waals surface area contributed by atoms with Gasteiger partial charge in [-0.15, -0.1) is 18.3 Å². The Hall–Kier alpha value is -1.60. The fourth-order valence-electron chi connectivity index (χ4n) is 1.20. The molecule has 0 aromatic heterocycles. The van der Waals surface area contributed by atoms with E-state index < -0.39 is 0 Å². The van der Waals surface area contributed by atoms with Crippen LogP contribution in [0.5, 0.6) is 5.75 Å². The molecule has 0 aliphatic carbocycles.